The van der Waals surface area contributed by atoms with E-state index in [2.05, 4.69) is 0 Å². The van der Waals surface area contributed by atoms with Gasteiger partial charge >= 0.3 is 7.12 Å². The summed E-state index contributed by atoms with van der Waals surface area (Å²) in [5.41, 5.74) is 2.41. The average molecular weight is 190 g/mol. The second-order valence-corrected chi connectivity index (χ2v) is 3.44. The highest BCUT2D eigenvalue weighted by molar-refractivity contribution is 6.61. The molecule has 0 radical (unpaired) electrons. The molecule has 14 heavy (non-hydrogen) atoms. The van der Waals surface area contributed by atoms with Gasteiger partial charge in [-0.3, -0.25) is 4.79 Å². The maximum atomic E-state index is 11.1. The van der Waals surface area contributed by atoms with Gasteiger partial charge in [0.25, 0.3) is 0 Å². The minimum Gasteiger partial charge on any atom is -0.423 e. The number of hydrogen-bond donors (Lipinski definition) is 1. The Morgan fingerprint density at radius 1 is 1.57 bits per heavy atom. The molecule has 3 nitrogen and oxygen atoms in total. The SMILES string of the molecule is CC(=O)c1ccc2c(c1)B(O)OCC2. The van der Waals surface area contributed by atoms with Crippen LogP contribution in [0, 0.1) is 0 Å². The van der Waals surface area contributed by atoms with Gasteiger partial charge in [-0.05, 0) is 24.4 Å². The summed E-state index contributed by atoms with van der Waals surface area (Å²) in [6, 6.07) is 5.39. The Balaban J connectivity index is 2.45. The van der Waals surface area contributed by atoms with E-state index in [1.54, 1.807) is 12.1 Å². The lowest BCUT2D eigenvalue weighted by Gasteiger charge is -2.19. The van der Waals surface area contributed by atoms with Crippen molar-refractivity contribution in [2.24, 2.45) is 0 Å². The van der Waals surface area contributed by atoms with Crippen LogP contribution >= 0.6 is 0 Å². The van der Waals surface area contributed by atoms with Crippen LogP contribution in [-0.4, -0.2) is 24.5 Å². The van der Waals surface area contributed by atoms with Crippen molar-refractivity contribution in [1.29, 1.82) is 0 Å². The third-order valence-corrected chi connectivity index (χ3v) is 2.47. The molecule has 1 aliphatic heterocycles. The molecule has 1 heterocycles. The molecule has 1 aromatic rings. The zero-order chi connectivity index (χ0) is 10.1. The zero-order valence-electron chi connectivity index (χ0n) is 7.99. The fourth-order valence-electron chi connectivity index (χ4n) is 1.64. The van der Waals surface area contributed by atoms with Gasteiger partial charge in [-0.25, -0.2) is 0 Å². The van der Waals surface area contributed by atoms with Gasteiger partial charge in [0.15, 0.2) is 5.78 Å². The van der Waals surface area contributed by atoms with E-state index in [1.165, 1.54) is 6.92 Å². The Labute approximate surface area is 82.8 Å². The van der Waals surface area contributed by atoms with Gasteiger partial charge in [0.05, 0.1) is 0 Å². The van der Waals surface area contributed by atoms with Crippen LogP contribution in [0.15, 0.2) is 18.2 Å². The summed E-state index contributed by atoms with van der Waals surface area (Å²) in [5, 5.41) is 9.53. The zero-order valence-corrected chi connectivity index (χ0v) is 7.99. The van der Waals surface area contributed by atoms with Gasteiger partial charge in [-0.1, -0.05) is 18.2 Å². The molecule has 0 bridgehead atoms. The summed E-state index contributed by atoms with van der Waals surface area (Å²) in [5.74, 6) is 0.00516. The molecule has 72 valence electrons. The van der Waals surface area contributed by atoms with Gasteiger partial charge in [0.2, 0.25) is 0 Å². The molecule has 1 N–H and O–H groups in total. The fourth-order valence-corrected chi connectivity index (χ4v) is 1.64. The molecule has 0 spiro atoms. The monoisotopic (exact) mass is 190 g/mol. The third kappa shape index (κ3) is 1.58. The second kappa shape index (κ2) is 3.56. The van der Waals surface area contributed by atoms with Crippen molar-refractivity contribution in [3.8, 4) is 0 Å². The molecule has 0 aliphatic carbocycles. The maximum absolute atomic E-state index is 11.1. The second-order valence-electron chi connectivity index (χ2n) is 3.44. The van der Waals surface area contributed by atoms with Crippen molar-refractivity contribution in [2.75, 3.05) is 6.61 Å². The number of Topliss-reactive ketones (excluding diaryl/α,β-unsaturated/α-hetero) is 1. The van der Waals surface area contributed by atoms with E-state index in [-0.39, 0.29) is 5.78 Å². The smallest absolute Gasteiger partial charge is 0.423 e. The predicted molar refractivity (Wildman–Crippen MR) is 53.7 cm³/mol. The normalized spacial score (nSPS) is 15.1. The molecular formula is C10H11BO3. The van der Waals surface area contributed by atoms with Crippen LogP contribution in [-0.2, 0) is 11.1 Å². The minimum absolute atomic E-state index is 0.00516. The van der Waals surface area contributed by atoms with Crippen molar-refractivity contribution in [3.05, 3.63) is 29.3 Å². The van der Waals surface area contributed by atoms with Crippen LogP contribution < -0.4 is 5.46 Å². The lowest BCUT2D eigenvalue weighted by Crippen LogP contribution is -2.41. The van der Waals surface area contributed by atoms with Crippen LogP contribution in [0.3, 0.4) is 0 Å². The van der Waals surface area contributed by atoms with Crippen LogP contribution in [0.1, 0.15) is 22.8 Å². The standard InChI is InChI=1S/C10H11BO3/c1-7(12)9-3-2-8-4-5-14-11(13)10(8)6-9/h2-3,6,13H,4-5H2,1H3. The van der Waals surface area contributed by atoms with E-state index in [0.29, 0.717) is 12.2 Å². The van der Waals surface area contributed by atoms with Crippen LogP contribution in [0.5, 0.6) is 0 Å². The molecule has 0 saturated heterocycles. The van der Waals surface area contributed by atoms with Crippen molar-refractivity contribution < 1.29 is 14.5 Å². The first-order valence-electron chi connectivity index (χ1n) is 4.62. The van der Waals surface area contributed by atoms with E-state index < -0.39 is 7.12 Å². The Hall–Kier alpha value is -1.13. The molecule has 1 aliphatic rings. The number of hydrogen-bond acceptors (Lipinski definition) is 3. The number of carbonyl (C=O) groups is 1. The highest BCUT2D eigenvalue weighted by Crippen LogP contribution is 2.09. The molecule has 1 aromatic carbocycles. The molecule has 0 saturated carbocycles. The summed E-state index contributed by atoms with van der Waals surface area (Å²) < 4.78 is 5.08. The number of carbonyl (C=O) groups excluding carboxylic acids is 1. The Morgan fingerprint density at radius 2 is 2.36 bits per heavy atom. The molecule has 0 amide bonds. The van der Waals surface area contributed by atoms with E-state index in [1.807, 2.05) is 6.07 Å². The molecule has 0 unspecified atom stereocenters. The first kappa shape index (κ1) is 9.43. The van der Waals surface area contributed by atoms with E-state index in [4.69, 9.17) is 4.65 Å². The van der Waals surface area contributed by atoms with Gasteiger partial charge in [0.1, 0.15) is 0 Å². The van der Waals surface area contributed by atoms with Crippen molar-refractivity contribution >= 4 is 18.4 Å². The first-order valence-corrected chi connectivity index (χ1v) is 4.62. The molecule has 0 atom stereocenters. The summed E-state index contributed by atoms with van der Waals surface area (Å²) in [4.78, 5) is 11.1. The van der Waals surface area contributed by atoms with Crippen molar-refractivity contribution in [3.63, 3.8) is 0 Å². The van der Waals surface area contributed by atoms with Gasteiger partial charge in [-0.2, -0.15) is 0 Å². The van der Waals surface area contributed by atoms with Gasteiger partial charge in [-0.15, -0.1) is 0 Å². The lowest BCUT2D eigenvalue weighted by atomic mass is 9.73. The van der Waals surface area contributed by atoms with E-state index in [9.17, 15) is 9.82 Å². The molecule has 4 heteroatoms. The topological polar surface area (TPSA) is 46.5 Å². The van der Waals surface area contributed by atoms with Crippen molar-refractivity contribution in [1.82, 2.24) is 0 Å². The van der Waals surface area contributed by atoms with Crippen LogP contribution in [0.4, 0.5) is 0 Å². The Kier molecular flexibility index (Phi) is 2.39. The number of rotatable bonds is 1. The lowest BCUT2D eigenvalue weighted by molar-refractivity contribution is 0.101. The fraction of sp³-hybridized carbons (Fsp3) is 0.300. The molecule has 0 fully saturated rings. The summed E-state index contributed by atoms with van der Waals surface area (Å²) >= 11 is 0. The minimum atomic E-state index is -0.877. The number of fused-ring (bicyclic) bond motifs is 1. The molecule has 0 aromatic heterocycles. The predicted octanol–water partition coefficient (Wildman–Crippen LogP) is 0.149. The van der Waals surface area contributed by atoms with E-state index in [0.717, 1.165) is 17.4 Å². The molecular weight excluding hydrogens is 179 g/mol. The quantitative estimate of drug-likeness (QED) is 0.506. The Morgan fingerprint density at radius 3 is 3.07 bits per heavy atom. The largest absolute Gasteiger partial charge is 0.491 e. The number of benzene rings is 1. The van der Waals surface area contributed by atoms with Crippen molar-refractivity contribution in [2.45, 2.75) is 13.3 Å². The third-order valence-electron chi connectivity index (χ3n) is 2.47. The van der Waals surface area contributed by atoms with Crippen LogP contribution in [0.25, 0.3) is 0 Å². The van der Waals surface area contributed by atoms with Gasteiger partial charge in [0, 0.05) is 12.2 Å². The summed E-state index contributed by atoms with van der Waals surface area (Å²) in [7, 11) is -0.877. The molecule has 2 rings (SSSR count). The first-order chi connectivity index (χ1) is 6.68. The summed E-state index contributed by atoms with van der Waals surface area (Å²) in [6.07, 6.45) is 0.796. The van der Waals surface area contributed by atoms with Crippen LogP contribution in [0.2, 0.25) is 0 Å². The van der Waals surface area contributed by atoms with Gasteiger partial charge < -0.3 is 9.68 Å². The Bertz CT molecular complexity index is 376. The summed E-state index contributed by atoms with van der Waals surface area (Å²) in [6.45, 7) is 2.05. The highest BCUT2D eigenvalue weighted by Gasteiger charge is 2.24. The average Bonchev–Trinajstić information content (AvgIpc) is 2.18. The highest BCUT2D eigenvalue weighted by atomic mass is 16.5. The number of ketones is 1. The van der Waals surface area contributed by atoms with E-state index >= 15 is 0 Å². The maximum Gasteiger partial charge on any atom is 0.491 e.